The van der Waals surface area contributed by atoms with Crippen LogP contribution in [0.5, 0.6) is 0 Å². The molecule has 0 aliphatic carbocycles. The average molecular weight is 484 g/mol. The fourth-order valence-corrected chi connectivity index (χ4v) is 3.71. The van der Waals surface area contributed by atoms with Gasteiger partial charge in [-0.2, -0.15) is 0 Å². The van der Waals surface area contributed by atoms with E-state index < -0.39 is 17.8 Å². The summed E-state index contributed by atoms with van der Waals surface area (Å²) < 4.78 is 0. The summed E-state index contributed by atoms with van der Waals surface area (Å²) in [5, 5.41) is 4.04. The van der Waals surface area contributed by atoms with Crippen molar-refractivity contribution in [3.8, 4) is 0 Å². The van der Waals surface area contributed by atoms with E-state index in [9.17, 15) is 9.59 Å². The Bertz CT molecular complexity index is 1040. The van der Waals surface area contributed by atoms with Gasteiger partial charge in [-0.3, -0.25) is 4.79 Å². The molecular formula is C21H14Cl4N2O3. The molecule has 0 heterocycles. The van der Waals surface area contributed by atoms with Crippen LogP contribution in [0.4, 0.5) is 11.4 Å². The maximum absolute atomic E-state index is 12.9. The van der Waals surface area contributed by atoms with Crippen LogP contribution >= 0.6 is 46.4 Å². The topological polar surface area (TPSA) is 67.4 Å². The molecule has 9 heteroatoms. The molecule has 0 aliphatic rings. The summed E-state index contributed by atoms with van der Waals surface area (Å²) in [6.07, 6.45) is 0. The quantitative estimate of drug-likeness (QED) is 0.306. The first-order valence-corrected chi connectivity index (χ1v) is 10.1. The van der Waals surface area contributed by atoms with Crippen LogP contribution in [0.3, 0.4) is 0 Å². The van der Waals surface area contributed by atoms with E-state index in [2.05, 4.69) is 10.8 Å². The summed E-state index contributed by atoms with van der Waals surface area (Å²) in [5.41, 5.74) is 3.62. The molecule has 0 fully saturated rings. The summed E-state index contributed by atoms with van der Waals surface area (Å²) >= 11 is 23.8. The van der Waals surface area contributed by atoms with Crippen molar-refractivity contribution in [1.29, 1.82) is 0 Å². The summed E-state index contributed by atoms with van der Waals surface area (Å²) in [5.74, 6) is -2.70. The highest BCUT2D eigenvalue weighted by molar-refractivity contribution is 6.35. The van der Waals surface area contributed by atoms with E-state index >= 15 is 0 Å². The Morgan fingerprint density at radius 1 is 0.733 bits per heavy atom. The monoisotopic (exact) mass is 482 g/mol. The van der Waals surface area contributed by atoms with Crippen LogP contribution in [0.1, 0.15) is 11.5 Å². The zero-order chi connectivity index (χ0) is 21.7. The highest BCUT2D eigenvalue weighted by Crippen LogP contribution is 2.26. The predicted octanol–water partition coefficient (Wildman–Crippen LogP) is 6.59. The number of hydrogen-bond donors (Lipinski definition) is 2. The number of nitrogens with one attached hydrogen (secondary N) is 2. The van der Waals surface area contributed by atoms with E-state index in [1.807, 2.05) is 0 Å². The lowest BCUT2D eigenvalue weighted by molar-refractivity contribution is -0.145. The molecule has 0 aromatic heterocycles. The number of halogens is 4. The van der Waals surface area contributed by atoms with Gasteiger partial charge in [-0.1, -0.05) is 76.7 Å². The number of hydrogen-bond acceptors (Lipinski definition) is 4. The van der Waals surface area contributed by atoms with Gasteiger partial charge in [0.1, 0.15) is 0 Å². The zero-order valence-electron chi connectivity index (χ0n) is 15.2. The summed E-state index contributed by atoms with van der Waals surface area (Å²) in [4.78, 5) is 30.9. The molecule has 0 saturated carbocycles. The molecule has 3 aromatic carbocycles. The Kier molecular flexibility index (Phi) is 7.45. The fraction of sp³-hybridized carbons (Fsp3) is 0.0476. The SMILES string of the molecule is O=C(Nc1cc(Cl)cc(Cl)c1)C(C(=O)ONc1cc(Cl)cc(Cl)c1)c1ccccc1. The average Bonchev–Trinajstić information content (AvgIpc) is 2.66. The zero-order valence-corrected chi connectivity index (χ0v) is 18.2. The van der Waals surface area contributed by atoms with Crippen molar-refractivity contribution >= 4 is 69.7 Å². The maximum atomic E-state index is 12.9. The molecule has 3 aromatic rings. The summed E-state index contributed by atoms with van der Waals surface area (Å²) in [6, 6.07) is 17.6. The van der Waals surface area contributed by atoms with Gasteiger partial charge in [0.05, 0.1) is 5.69 Å². The first kappa shape index (κ1) is 22.2. The van der Waals surface area contributed by atoms with Crippen molar-refractivity contribution in [2.45, 2.75) is 5.92 Å². The van der Waals surface area contributed by atoms with Gasteiger partial charge in [0.25, 0.3) is 0 Å². The van der Waals surface area contributed by atoms with Crippen LogP contribution in [0.25, 0.3) is 0 Å². The molecule has 30 heavy (non-hydrogen) atoms. The minimum absolute atomic E-state index is 0.344. The number of benzene rings is 3. The van der Waals surface area contributed by atoms with Crippen molar-refractivity contribution in [1.82, 2.24) is 0 Å². The Balaban J connectivity index is 1.81. The van der Waals surface area contributed by atoms with Crippen LogP contribution in [0.2, 0.25) is 20.1 Å². The van der Waals surface area contributed by atoms with Gasteiger partial charge in [-0.05, 0) is 42.0 Å². The molecule has 0 radical (unpaired) electrons. The molecule has 5 nitrogen and oxygen atoms in total. The third kappa shape index (κ3) is 6.03. The molecule has 1 atom stereocenters. The Morgan fingerprint density at radius 2 is 1.23 bits per heavy atom. The minimum atomic E-state index is -1.26. The summed E-state index contributed by atoms with van der Waals surface area (Å²) in [7, 11) is 0. The number of carbonyl (C=O) groups is 2. The standard InChI is InChI=1S/C21H14Cl4N2O3/c22-13-6-14(23)9-17(8-13)26-20(28)19(12-4-2-1-3-5-12)21(29)30-27-18-10-15(24)7-16(25)11-18/h1-11,19,27H,(H,26,28). The second kappa shape index (κ2) is 10.0. The molecule has 0 bridgehead atoms. The van der Waals surface area contributed by atoms with Crippen molar-refractivity contribution in [3.05, 3.63) is 92.4 Å². The van der Waals surface area contributed by atoms with Gasteiger partial charge < -0.3 is 10.2 Å². The number of amides is 1. The van der Waals surface area contributed by atoms with Gasteiger partial charge in [-0.15, -0.1) is 0 Å². The number of rotatable bonds is 6. The lowest BCUT2D eigenvalue weighted by atomic mass is 9.98. The fourth-order valence-electron chi connectivity index (χ4n) is 2.66. The minimum Gasteiger partial charge on any atom is -0.342 e. The third-order valence-electron chi connectivity index (χ3n) is 3.89. The Morgan fingerprint density at radius 3 is 1.77 bits per heavy atom. The smallest absolute Gasteiger partial charge is 0.342 e. The molecule has 1 unspecified atom stereocenters. The second-order valence-electron chi connectivity index (χ2n) is 6.17. The van der Waals surface area contributed by atoms with Crippen LogP contribution in [0, 0.1) is 0 Å². The summed E-state index contributed by atoms with van der Waals surface area (Å²) in [6.45, 7) is 0. The Labute approximate surface area is 192 Å². The van der Waals surface area contributed by atoms with E-state index in [1.54, 1.807) is 30.3 Å². The predicted molar refractivity (Wildman–Crippen MR) is 120 cm³/mol. The molecule has 2 N–H and O–H groups in total. The largest absolute Gasteiger partial charge is 0.348 e. The van der Waals surface area contributed by atoms with Crippen LogP contribution in [-0.4, -0.2) is 11.9 Å². The van der Waals surface area contributed by atoms with E-state index in [0.717, 1.165) is 0 Å². The lowest BCUT2D eigenvalue weighted by Gasteiger charge is -2.17. The van der Waals surface area contributed by atoms with Gasteiger partial charge in [0.2, 0.25) is 5.91 Å². The van der Waals surface area contributed by atoms with E-state index in [-0.39, 0.29) is 0 Å². The number of anilines is 2. The number of carbonyl (C=O) groups excluding carboxylic acids is 2. The van der Waals surface area contributed by atoms with Crippen molar-refractivity contribution in [2.24, 2.45) is 0 Å². The van der Waals surface area contributed by atoms with Crippen LogP contribution in [-0.2, 0) is 14.4 Å². The molecule has 1 amide bonds. The van der Waals surface area contributed by atoms with Crippen LogP contribution in [0.15, 0.2) is 66.7 Å². The first-order valence-electron chi connectivity index (χ1n) is 8.56. The normalized spacial score (nSPS) is 11.5. The van der Waals surface area contributed by atoms with Crippen molar-refractivity contribution < 1.29 is 14.4 Å². The van der Waals surface area contributed by atoms with Crippen molar-refractivity contribution in [3.63, 3.8) is 0 Å². The highest BCUT2D eigenvalue weighted by Gasteiger charge is 2.31. The molecule has 154 valence electrons. The van der Waals surface area contributed by atoms with Gasteiger partial charge in [0, 0.05) is 25.8 Å². The van der Waals surface area contributed by atoms with E-state index in [0.29, 0.717) is 37.0 Å². The molecule has 0 saturated heterocycles. The van der Waals surface area contributed by atoms with Crippen LogP contribution < -0.4 is 10.8 Å². The van der Waals surface area contributed by atoms with Gasteiger partial charge in [0.15, 0.2) is 5.92 Å². The molecule has 0 aliphatic heterocycles. The lowest BCUT2D eigenvalue weighted by Crippen LogP contribution is -2.30. The van der Waals surface area contributed by atoms with Crippen molar-refractivity contribution in [2.75, 3.05) is 10.8 Å². The first-order chi connectivity index (χ1) is 14.3. The Hall–Kier alpha value is -2.44. The van der Waals surface area contributed by atoms with Gasteiger partial charge >= 0.3 is 5.97 Å². The van der Waals surface area contributed by atoms with E-state index in [4.69, 9.17) is 51.2 Å². The highest BCUT2D eigenvalue weighted by atomic mass is 35.5. The molecule has 3 rings (SSSR count). The third-order valence-corrected chi connectivity index (χ3v) is 4.77. The van der Waals surface area contributed by atoms with E-state index in [1.165, 1.54) is 36.4 Å². The maximum Gasteiger partial charge on any atom is 0.348 e. The van der Waals surface area contributed by atoms with Gasteiger partial charge in [-0.25, -0.2) is 10.3 Å². The molecular weight excluding hydrogens is 470 g/mol. The second-order valence-corrected chi connectivity index (χ2v) is 7.92. The molecule has 0 spiro atoms.